The van der Waals surface area contributed by atoms with Crippen molar-refractivity contribution in [1.82, 2.24) is 20.1 Å². The van der Waals surface area contributed by atoms with Crippen LogP contribution in [0.3, 0.4) is 0 Å². The van der Waals surface area contributed by atoms with Gasteiger partial charge in [0.05, 0.1) is 17.3 Å². The summed E-state index contributed by atoms with van der Waals surface area (Å²) in [7, 11) is 1.39. The Morgan fingerprint density at radius 3 is 2.60 bits per heavy atom. The molecule has 2 aromatic heterocycles. The number of aryl methyl sites for hydroxylation is 1. The molecular weight excluding hydrogens is 471 g/mol. The minimum Gasteiger partial charge on any atom is -0.453 e. The van der Waals surface area contributed by atoms with Crippen LogP contribution in [0, 0.1) is 11.7 Å². The number of likely N-dealkylation sites (tertiary alicyclic amines) is 1. The van der Waals surface area contributed by atoms with E-state index in [-0.39, 0.29) is 22.8 Å². The highest BCUT2D eigenvalue weighted by Crippen LogP contribution is 2.29. The molecule has 0 bridgehead atoms. The van der Waals surface area contributed by atoms with Gasteiger partial charge in [-0.3, -0.25) is 4.79 Å². The molecule has 1 saturated heterocycles. The number of piperidine rings is 1. The number of amides is 1. The zero-order chi connectivity index (χ0) is 24.4. The number of ether oxygens (including phenoxy) is 1. The molecule has 0 unspecified atom stereocenters. The van der Waals surface area contributed by atoms with Crippen LogP contribution in [-0.4, -0.2) is 52.2 Å². The Morgan fingerprint density at radius 1 is 1.11 bits per heavy atom. The number of hydrogen-bond acceptors (Lipinski definition) is 8. The van der Waals surface area contributed by atoms with Gasteiger partial charge in [-0.05, 0) is 60.6 Å². The van der Waals surface area contributed by atoms with Gasteiger partial charge in [-0.1, -0.05) is 18.2 Å². The van der Waals surface area contributed by atoms with Crippen molar-refractivity contribution < 1.29 is 23.1 Å². The number of methoxy groups -OCH3 is 1. The maximum absolute atomic E-state index is 13.2. The lowest BCUT2D eigenvalue weighted by Gasteiger charge is -2.30. The first-order valence-corrected chi connectivity index (χ1v) is 12.2. The Labute approximate surface area is 204 Å². The molecule has 5 rings (SSSR count). The molecule has 0 aliphatic carbocycles. The maximum atomic E-state index is 13.2. The third-order valence-corrected chi connectivity index (χ3v) is 7.25. The van der Waals surface area contributed by atoms with Gasteiger partial charge in [-0.25, -0.2) is 14.2 Å². The van der Waals surface area contributed by atoms with E-state index in [0.29, 0.717) is 36.8 Å². The summed E-state index contributed by atoms with van der Waals surface area (Å²) in [6.07, 6.45) is 2.91. The Hall–Kier alpha value is -3.66. The number of ketones is 1. The van der Waals surface area contributed by atoms with Gasteiger partial charge >= 0.3 is 6.09 Å². The number of aromatic nitrogens is 3. The SMILES string of the molecule is COC(=O)N1CCC(CCc2nnc(C(=O)c3nc4ccc(-c5ccc(F)cc5)cc4s3)o2)CC1. The number of hydrogen-bond donors (Lipinski definition) is 0. The second-order valence-electron chi connectivity index (χ2n) is 8.48. The minimum absolute atomic E-state index is 0.0710. The van der Waals surface area contributed by atoms with Crippen LogP contribution in [0.2, 0.25) is 0 Å². The summed E-state index contributed by atoms with van der Waals surface area (Å²) < 4.78 is 24.5. The van der Waals surface area contributed by atoms with Crippen LogP contribution in [0.5, 0.6) is 0 Å². The third kappa shape index (κ3) is 5.07. The number of carbonyl (C=O) groups is 2. The van der Waals surface area contributed by atoms with E-state index < -0.39 is 5.78 Å². The van der Waals surface area contributed by atoms with Gasteiger partial charge in [0.1, 0.15) is 5.82 Å². The summed E-state index contributed by atoms with van der Waals surface area (Å²) in [5, 5.41) is 8.26. The first-order valence-electron chi connectivity index (χ1n) is 11.4. The fourth-order valence-electron chi connectivity index (χ4n) is 4.24. The van der Waals surface area contributed by atoms with Crippen molar-refractivity contribution >= 4 is 33.4 Å². The molecule has 180 valence electrons. The van der Waals surface area contributed by atoms with Crippen LogP contribution in [0.15, 0.2) is 46.9 Å². The van der Waals surface area contributed by atoms with Crippen molar-refractivity contribution in [2.45, 2.75) is 25.7 Å². The lowest BCUT2D eigenvalue weighted by molar-refractivity contribution is 0.100. The van der Waals surface area contributed by atoms with Crippen LogP contribution in [0.25, 0.3) is 21.3 Å². The van der Waals surface area contributed by atoms with Crippen molar-refractivity contribution in [3.63, 3.8) is 0 Å². The zero-order valence-corrected chi connectivity index (χ0v) is 19.9. The van der Waals surface area contributed by atoms with Gasteiger partial charge in [0.25, 0.3) is 11.7 Å². The Kier molecular flexibility index (Phi) is 6.54. The summed E-state index contributed by atoms with van der Waals surface area (Å²) in [6.45, 7) is 1.34. The van der Waals surface area contributed by atoms with E-state index in [0.717, 1.165) is 35.1 Å². The van der Waals surface area contributed by atoms with Crippen molar-refractivity contribution in [1.29, 1.82) is 0 Å². The van der Waals surface area contributed by atoms with Crippen LogP contribution in [0.4, 0.5) is 9.18 Å². The molecule has 0 radical (unpaired) electrons. The van der Waals surface area contributed by atoms with E-state index in [1.807, 2.05) is 18.2 Å². The first kappa shape index (κ1) is 23.1. The van der Waals surface area contributed by atoms with E-state index in [1.165, 1.54) is 30.6 Å². The number of thiazole rings is 1. The molecule has 0 atom stereocenters. The van der Waals surface area contributed by atoms with Gasteiger partial charge in [0, 0.05) is 19.5 Å². The average Bonchev–Trinajstić information content (AvgIpc) is 3.54. The van der Waals surface area contributed by atoms with E-state index >= 15 is 0 Å². The predicted molar refractivity (Wildman–Crippen MR) is 128 cm³/mol. The van der Waals surface area contributed by atoms with Gasteiger partial charge < -0.3 is 14.1 Å². The molecule has 1 amide bonds. The van der Waals surface area contributed by atoms with Crippen molar-refractivity contribution in [3.8, 4) is 11.1 Å². The Morgan fingerprint density at radius 2 is 1.86 bits per heavy atom. The number of nitrogens with zero attached hydrogens (tertiary/aromatic N) is 4. The number of fused-ring (bicyclic) bond motifs is 1. The van der Waals surface area contributed by atoms with Crippen molar-refractivity contribution in [3.05, 3.63) is 65.1 Å². The van der Waals surface area contributed by atoms with E-state index in [1.54, 1.807) is 17.0 Å². The van der Waals surface area contributed by atoms with Crippen molar-refractivity contribution in [2.75, 3.05) is 20.2 Å². The molecule has 8 nitrogen and oxygen atoms in total. The maximum Gasteiger partial charge on any atom is 0.409 e. The molecule has 3 heterocycles. The minimum atomic E-state index is -0.403. The Bertz CT molecular complexity index is 1360. The van der Waals surface area contributed by atoms with Gasteiger partial charge in [0.2, 0.25) is 5.89 Å². The largest absolute Gasteiger partial charge is 0.453 e. The second-order valence-corrected chi connectivity index (χ2v) is 9.51. The number of carbonyl (C=O) groups excluding carboxylic acids is 2. The molecule has 4 aromatic rings. The summed E-state index contributed by atoms with van der Waals surface area (Å²) in [4.78, 5) is 30.7. The molecule has 1 fully saturated rings. The molecule has 0 spiro atoms. The quantitative estimate of drug-likeness (QED) is 0.343. The summed E-state index contributed by atoms with van der Waals surface area (Å²) >= 11 is 1.26. The standard InChI is InChI=1S/C25H23FN4O4S/c1-33-25(32)30-12-10-15(11-13-30)2-9-21-28-29-23(34-21)22(31)24-27-19-8-5-17(14-20(19)35-24)16-3-6-18(26)7-4-16/h3-8,14-15H,2,9-13H2,1H3. The van der Waals surface area contributed by atoms with E-state index in [4.69, 9.17) is 9.15 Å². The average molecular weight is 495 g/mol. The van der Waals surface area contributed by atoms with Gasteiger partial charge in [0.15, 0.2) is 5.01 Å². The van der Waals surface area contributed by atoms with Gasteiger partial charge in [-0.15, -0.1) is 21.5 Å². The smallest absolute Gasteiger partial charge is 0.409 e. The number of benzene rings is 2. The fraction of sp³-hybridized carbons (Fsp3) is 0.320. The van der Waals surface area contributed by atoms with Crippen molar-refractivity contribution in [2.24, 2.45) is 5.92 Å². The normalized spacial score (nSPS) is 14.4. The molecule has 35 heavy (non-hydrogen) atoms. The van der Waals surface area contributed by atoms with Gasteiger partial charge in [-0.2, -0.15) is 0 Å². The third-order valence-electron chi connectivity index (χ3n) is 6.24. The zero-order valence-electron chi connectivity index (χ0n) is 19.1. The first-order chi connectivity index (χ1) is 17.0. The van der Waals surface area contributed by atoms with E-state index in [9.17, 15) is 14.0 Å². The molecule has 10 heteroatoms. The van der Waals surface area contributed by atoms with E-state index in [2.05, 4.69) is 15.2 Å². The second kappa shape index (κ2) is 9.91. The monoisotopic (exact) mass is 494 g/mol. The predicted octanol–water partition coefficient (Wildman–Crippen LogP) is 5.13. The number of halogens is 1. The van der Waals surface area contributed by atoms with Crippen LogP contribution < -0.4 is 0 Å². The number of rotatable bonds is 6. The van der Waals surface area contributed by atoms with Crippen LogP contribution in [-0.2, 0) is 11.2 Å². The summed E-state index contributed by atoms with van der Waals surface area (Å²) in [5.74, 6) is 0.103. The fourth-order valence-corrected chi connectivity index (χ4v) is 5.18. The lowest BCUT2D eigenvalue weighted by Crippen LogP contribution is -2.38. The summed E-state index contributed by atoms with van der Waals surface area (Å²) in [6, 6.07) is 11.9. The Balaban J connectivity index is 1.22. The van der Waals surface area contributed by atoms with Crippen LogP contribution >= 0.6 is 11.3 Å². The molecular formula is C25H23FN4O4S. The lowest BCUT2D eigenvalue weighted by atomic mass is 9.92. The highest BCUT2D eigenvalue weighted by atomic mass is 32.1. The molecule has 1 aliphatic heterocycles. The van der Waals surface area contributed by atoms with Crippen LogP contribution in [0.1, 0.15) is 40.8 Å². The highest BCUT2D eigenvalue weighted by molar-refractivity contribution is 7.20. The molecule has 0 N–H and O–H groups in total. The molecule has 0 saturated carbocycles. The molecule has 1 aliphatic rings. The highest BCUT2D eigenvalue weighted by Gasteiger charge is 2.25. The topological polar surface area (TPSA) is 98.4 Å². The summed E-state index contributed by atoms with van der Waals surface area (Å²) in [5.41, 5.74) is 2.49. The molecule has 2 aromatic carbocycles.